The molecule has 3 rings (SSSR count). The second-order valence-corrected chi connectivity index (χ2v) is 9.64. The lowest BCUT2D eigenvalue weighted by molar-refractivity contribution is -0.129. The van der Waals surface area contributed by atoms with E-state index >= 15 is 0 Å². The zero-order valence-corrected chi connectivity index (χ0v) is 17.3. The molecule has 1 amide bonds. The third-order valence-electron chi connectivity index (χ3n) is 4.99. The van der Waals surface area contributed by atoms with E-state index in [0.29, 0.717) is 5.69 Å². The topological polar surface area (TPSA) is 96.0 Å². The molecule has 0 spiro atoms. The summed E-state index contributed by atoms with van der Waals surface area (Å²) in [6.45, 7) is 3.10. The Morgan fingerprint density at radius 3 is 2.43 bits per heavy atom. The number of hydrogen-bond acceptors (Lipinski definition) is 6. The van der Waals surface area contributed by atoms with Crippen LogP contribution in [0.15, 0.2) is 23.1 Å². The number of hydrogen-bond donors (Lipinski definition) is 1. The van der Waals surface area contributed by atoms with Crippen LogP contribution < -0.4 is 10.2 Å². The lowest BCUT2D eigenvalue weighted by Gasteiger charge is -2.23. The highest BCUT2D eigenvalue weighted by Crippen LogP contribution is 2.29. The summed E-state index contributed by atoms with van der Waals surface area (Å²) >= 11 is 0. The molecule has 1 saturated heterocycles. The summed E-state index contributed by atoms with van der Waals surface area (Å²) in [5, 5.41) is 2.80. The maximum atomic E-state index is 12.9. The van der Waals surface area contributed by atoms with Gasteiger partial charge in [-0.3, -0.25) is 4.79 Å². The molecule has 0 unspecified atom stereocenters. The number of rotatable bonds is 7. The Bertz CT molecular complexity index is 858. The van der Waals surface area contributed by atoms with Crippen LogP contribution in [0.1, 0.15) is 43.0 Å². The van der Waals surface area contributed by atoms with Gasteiger partial charge in [-0.15, -0.1) is 0 Å². The van der Waals surface area contributed by atoms with Crippen LogP contribution in [0.5, 0.6) is 0 Å². The van der Waals surface area contributed by atoms with Crippen LogP contribution >= 0.6 is 0 Å². The van der Waals surface area contributed by atoms with E-state index in [0.717, 1.165) is 43.1 Å². The van der Waals surface area contributed by atoms with Gasteiger partial charge in [0.05, 0.1) is 16.1 Å². The number of amides is 1. The quantitative estimate of drug-likeness (QED) is 0.683. The van der Waals surface area contributed by atoms with Crippen molar-refractivity contribution in [3.63, 3.8) is 0 Å². The first-order valence-electron chi connectivity index (χ1n) is 9.53. The largest absolute Gasteiger partial charge is 0.449 e. The minimum Gasteiger partial charge on any atom is -0.449 e. The molecule has 2 aliphatic rings. The smallest absolute Gasteiger partial charge is 0.341 e. The molecule has 1 N–H and O–H groups in total. The van der Waals surface area contributed by atoms with E-state index in [1.165, 1.54) is 33.2 Å². The second kappa shape index (κ2) is 8.08. The minimum absolute atomic E-state index is 0.0162. The molecule has 154 valence electrons. The van der Waals surface area contributed by atoms with E-state index in [1.807, 2.05) is 4.90 Å². The average molecular weight is 410 g/mol. The summed E-state index contributed by atoms with van der Waals surface area (Å²) in [7, 11) is -0.825. The Labute approximate surface area is 165 Å². The molecule has 2 fully saturated rings. The molecule has 1 aromatic carbocycles. The van der Waals surface area contributed by atoms with E-state index in [2.05, 4.69) is 5.32 Å². The van der Waals surface area contributed by atoms with Crippen molar-refractivity contribution in [3.05, 3.63) is 23.8 Å². The van der Waals surface area contributed by atoms with Crippen molar-refractivity contribution in [1.29, 1.82) is 0 Å². The van der Waals surface area contributed by atoms with Crippen LogP contribution in [-0.4, -0.2) is 63.9 Å². The molecule has 0 radical (unpaired) electrons. The lowest BCUT2D eigenvalue weighted by atomic mass is 10.1. The van der Waals surface area contributed by atoms with Crippen molar-refractivity contribution in [2.45, 2.75) is 49.6 Å². The normalized spacial score (nSPS) is 18.2. The van der Waals surface area contributed by atoms with Crippen molar-refractivity contribution >= 4 is 27.6 Å². The predicted molar refractivity (Wildman–Crippen MR) is 105 cm³/mol. The summed E-state index contributed by atoms with van der Waals surface area (Å²) in [5.74, 6) is -1.04. The number of esters is 1. The Hall–Kier alpha value is -2.13. The molecular weight excluding hydrogens is 382 g/mol. The van der Waals surface area contributed by atoms with Crippen LogP contribution in [0.4, 0.5) is 5.69 Å². The highest BCUT2D eigenvalue weighted by Gasteiger charge is 2.30. The molecule has 28 heavy (non-hydrogen) atoms. The second-order valence-electron chi connectivity index (χ2n) is 7.49. The van der Waals surface area contributed by atoms with Gasteiger partial charge in [0, 0.05) is 33.2 Å². The van der Waals surface area contributed by atoms with Gasteiger partial charge in [-0.05, 0) is 50.8 Å². The van der Waals surface area contributed by atoms with Crippen molar-refractivity contribution < 1.29 is 22.7 Å². The molecule has 1 aromatic rings. The molecule has 1 heterocycles. The van der Waals surface area contributed by atoms with Crippen LogP contribution in [0, 0.1) is 0 Å². The molecule has 0 bridgehead atoms. The molecule has 1 atom stereocenters. The van der Waals surface area contributed by atoms with E-state index < -0.39 is 22.1 Å². The van der Waals surface area contributed by atoms with Crippen molar-refractivity contribution in [2.75, 3.05) is 32.1 Å². The van der Waals surface area contributed by atoms with Crippen LogP contribution in [0.25, 0.3) is 0 Å². The fourth-order valence-corrected chi connectivity index (χ4v) is 4.04. The maximum absolute atomic E-state index is 12.9. The molecule has 0 aromatic heterocycles. The van der Waals surface area contributed by atoms with Gasteiger partial charge in [0.15, 0.2) is 6.10 Å². The van der Waals surface area contributed by atoms with Crippen LogP contribution in [0.3, 0.4) is 0 Å². The van der Waals surface area contributed by atoms with Crippen molar-refractivity contribution in [1.82, 2.24) is 9.62 Å². The van der Waals surface area contributed by atoms with Crippen LogP contribution in [-0.2, 0) is 19.6 Å². The van der Waals surface area contributed by atoms with Gasteiger partial charge >= 0.3 is 5.97 Å². The van der Waals surface area contributed by atoms with E-state index in [4.69, 9.17) is 4.74 Å². The first kappa shape index (κ1) is 20.6. The predicted octanol–water partition coefficient (Wildman–Crippen LogP) is 1.36. The molecule has 1 aliphatic carbocycles. The standard InChI is InChI=1S/C19H27N3O5S/c1-13(18(23)20-14-6-7-14)27-19(24)16-12-15(28(25,26)21(2)3)8-9-17(16)22-10-4-5-11-22/h8-9,12-14H,4-7,10-11H2,1-3H3,(H,20,23)/t13-/m0/s1. The number of benzene rings is 1. The number of anilines is 1. The van der Waals surface area contributed by atoms with Crippen molar-refractivity contribution in [3.8, 4) is 0 Å². The van der Waals surface area contributed by atoms with Gasteiger partial charge in [0.25, 0.3) is 5.91 Å². The van der Waals surface area contributed by atoms with Gasteiger partial charge in [0.2, 0.25) is 10.0 Å². The SMILES string of the molecule is C[C@H](OC(=O)c1cc(S(=O)(=O)N(C)C)ccc1N1CCCC1)C(=O)NC1CC1. The van der Waals surface area contributed by atoms with Gasteiger partial charge in [0.1, 0.15) is 0 Å². The maximum Gasteiger partial charge on any atom is 0.341 e. The summed E-state index contributed by atoms with van der Waals surface area (Å²) in [6.07, 6.45) is 2.94. The van der Waals surface area contributed by atoms with E-state index in [-0.39, 0.29) is 22.4 Å². The number of nitrogens with zero attached hydrogens (tertiary/aromatic N) is 2. The fraction of sp³-hybridized carbons (Fsp3) is 0.579. The number of carbonyl (C=O) groups excluding carboxylic acids is 2. The number of ether oxygens (including phenoxy) is 1. The highest BCUT2D eigenvalue weighted by atomic mass is 32.2. The fourth-order valence-electron chi connectivity index (χ4n) is 3.11. The Kier molecular flexibility index (Phi) is 5.95. The zero-order valence-electron chi connectivity index (χ0n) is 16.5. The molecule has 9 heteroatoms. The molecule has 1 saturated carbocycles. The third-order valence-corrected chi connectivity index (χ3v) is 6.80. The lowest BCUT2D eigenvalue weighted by Crippen LogP contribution is -2.37. The average Bonchev–Trinajstić information content (AvgIpc) is 3.30. The number of sulfonamides is 1. The molecular formula is C19H27N3O5S. The van der Waals surface area contributed by atoms with Gasteiger partial charge in [-0.25, -0.2) is 17.5 Å². The van der Waals surface area contributed by atoms with Crippen molar-refractivity contribution in [2.24, 2.45) is 0 Å². The van der Waals surface area contributed by atoms with E-state index in [9.17, 15) is 18.0 Å². The Morgan fingerprint density at radius 1 is 1.21 bits per heavy atom. The number of nitrogens with one attached hydrogen (secondary N) is 1. The highest BCUT2D eigenvalue weighted by molar-refractivity contribution is 7.89. The summed E-state index contributed by atoms with van der Waals surface area (Å²) in [6, 6.07) is 4.66. The first-order valence-corrected chi connectivity index (χ1v) is 11.0. The molecule has 1 aliphatic heterocycles. The van der Waals surface area contributed by atoms with Gasteiger partial charge in [-0.2, -0.15) is 0 Å². The van der Waals surface area contributed by atoms with Crippen LogP contribution in [0.2, 0.25) is 0 Å². The number of carbonyl (C=O) groups is 2. The monoisotopic (exact) mass is 409 g/mol. The Morgan fingerprint density at radius 2 is 1.86 bits per heavy atom. The molecule has 8 nitrogen and oxygen atoms in total. The van der Waals surface area contributed by atoms with Gasteiger partial charge < -0.3 is 15.0 Å². The van der Waals surface area contributed by atoms with E-state index in [1.54, 1.807) is 6.07 Å². The Balaban J connectivity index is 1.88. The third kappa shape index (κ3) is 4.47. The summed E-state index contributed by atoms with van der Waals surface area (Å²) in [4.78, 5) is 27.0. The minimum atomic E-state index is -3.70. The first-order chi connectivity index (χ1) is 13.2. The zero-order chi connectivity index (χ0) is 20.5. The summed E-state index contributed by atoms with van der Waals surface area (Å²) < 4.78 is 31.5. The van der Waals surface area contributed by atoms with Gasteiger partial charge in [-0.1, -0.05) is 0 Å². The summed E-state index contributed by atoms with van der Waals surface area (Å²) in [5.41, 5.74) is 0.797.